The van der Waals surface area contributed by atoms with Gasteiger partial charge in [0.15, 0.2) is 9.84 Å². The molecule has 2 aliphatic rings. The summed E-state index contributed by atoms with van der Waals surface area (Å²) in [4.78, 5) is 2.02. The normalized spacial score (nSPS) is 38.4. The lowest BCUT2D eigenvalue weighted by molar-refractivity contribution is 0.0954. The van der Waals surface area contributed by atoms with Gasteiger partial charge in [-0.05, 0) is 19.9 Å². The van der Waals surface area contributed by atoms with Crippen LogP contribution in [0.1, 0.15) is 12.8 Å². The summed E-state index contributed by atoms with van der Waals surface area (Å²) < 4.78 is 22.4. The molecule has 2 atom stereocenters. The minimum Gasteiger partial charge on any atom is -0.390 e. The molecule has 0 radical (unpaired) electrons. The molecule has 2 rings (SSSR count). The molecule has 4 nitrogen and oxygen atoms in total. The van der Waals surface area contributed by atoms with Gasteiger partial charge in [-0.15, -0.1) is 0 Å². The average molecular weight is 205 g/mol. The summed E-state index contributed by atoms with van der Waals surface area (Å²) in [6, 6.07) is 0.338. The summed E-state index contributed by atoms with van der Waals surface area (Å²) in [5.74, 6) is 0.0654. The van der Waals surface area contributed by atoms with E-state index in [0.29, 0.717) is 6.04 Å². The van der Waals surface area contributed by atoms with Crippen molar-refractivity contribution in [1.82, 2.24) is 4.90 Å². The molecule has 0 aromatic heterocycles. The predicted octanol–water partition coefficient (Wildman–Crippen LogP) is -0.762. The Balaban J connectivity index is 2.07. The molecule has 1 N–H and O–H groups in total. The molecule has 0 aromatic rings. The molecule has 0 spiro atoms. The standard InChI is InChI=1S/C8H15NO3S/c1-9(6-2-3-6)7-4-13(11,12)5-8(7)10/h6-8,10H,2-5H2,1H3. The Morgan fingerprint density at radius 1 is 1.31 bits per heavy atom. The van der Waals surface area contributed by atoms with Crippen molar-refractivity contribution in [2.24, 2.45) is 0 Å². The Hall–Kier alpha value is -0.130. The fraction of sp³-hybridized carbons (Fsp3) is 1.00. The van der Waals surface area contributed by atoms with Gasteiger partial charge in [0.1, 0.15) is 0 Å². The zero-order chi connectivity index (χ0) is 9.64. The van der Waals surface area contributed by atoms with Crippen LogP contribution in [0.2, 0.25) is 0 Å². The van der Waals surface area contributed by atoms with Crippen molar-refractivity contribution in [3.63, 3.8) is 0 Å². The molecule has 1 saturated carbocycles. The maximum atomic E-state index is 11.2. The number of hydrogen-bond donors (Lipinski definition) is 1. The third kappa shape index (κ3) is 1.87. The minimum absolute atomic E-state index is 0.0608. The molecule has 76 valence electrons. The van der Waals surface area contributed by atoms with Crippen LogP contribution in [0.5, 0.6) is 0 Å². The highest BCUT2D eigenvalue weighted by molar-refractivity contribution is 7.91. The van der Waals surface area contributed by atoms with Crippen LogP contribution in [-0.2, 0) is 9.84 Å². The molecule has 2 fully saturated rings. The van der Waals surface area contributed by atoms with Crippen molar-refractivity contribution in [3.05, 3.63) is 0 Å². The molecular weight excluding hydrogens is 190 g/mol. The summed E-state index contributed by atoms with van der Waals surface area (Å²) in [5.41, 5.74) is 0. The molecule has 1 aliphatic carbocycles. The molecule has 13 heavy (non-hydrogen) atoms. The number of aliphatic hydroxyl groups excluding tert-OH is 1. The Labute approximate surface area is 78.5 Å². The fourth-order valence-electron chi connectivity index (χ4n) is 1.95. The van der Waals surface area contributed by atoms with Crippen molar-refractivity contribution in [1.29, 1.82) is 0 Å². The number of rotatable bonds is 2. The van der Waals surface area contributed by atoms with Gasteiger partial charge in [-0.2, -0.15) is 0 Å². The monoisotopic (exact) mass is 205 g/mol. The van der Waals surface area contributed by atoms with Gasteiger partial charge in [0.2, 0.25) is 0 Å². The van der Waals surface area contributed by atoms with Gasteiger partial charge in [-0.1, -0.05) is 0 Å². The van der Waals surface area contributed by atoms with Crippen LogP contribution in [-0.4, -0.2) is 55.2 Å². The number of nitrogens with zero attached hydrogens (tertiary/aromatic N) is 1. The molecule has 1 heterocycles. The second-order valence-corrected chi connectivity index (χ2v) is 6.26. The van der Waals surface area contributed by atoms with Gasteiger partial charge in [0.25, 0.3) is 0 Å². The van der Waals surface area contributed by atoms with Crippen molar-refractivity contribution >= 4 is 9.84 Å². The van der Waals surface area contributed by atoms with Crippen LogP contribution in [0.4, 0.5) is 0 Å². The third-order valence-electron chi connectivity index (χ3n) is 2.94. The first kappa shape index (κ1) is 9.43. The molecule has 0 bridgehead atoms. The molecule has 1 aliphatic heterocycles. The van der Waals surface area contributed by atoms with E-state index in [1.165, 1.54) is 0 Å². The quantitative estimate of drug-likeness (QED) is 0.643. The van der Waals surface area contributed by atoms with Gasteiger partial charge >= 0.3 is 0 Å². The lowest BCUT2D eigenvalue weighted by atomic mass is 10.2. The van der Waals surface area contributed by atoms with Gasteiger partial charge in [-0.3, -0.25) is 4.90 Å². The first-order chi connectivity index (χ1) is 5.99. The average Bonchev–Trinajstić information content (AvgIpc) is 2.76. The van der Waals surface area contributed by atoms with E-state index in [1.54, 1.807) is 0 Å². The van der Waals surface area contributed by atoms with E-state index in [2.05, 4.69) is 0 Å². The zero-order valence-corrected chi connectivity index (χ0v) is 8.50. The number of sulfone groups is 1. The van der Waals surface area contributed by atoms with E-state index in [1.807, 2.05) is 11.9 Å². The summed E-state index contributed by atoms with van der Waals surface area (Å²) in [7, 11) is -1.08. The fourth-order valence-corrected chi connectivity index (χ4v) is 3.81. The highest BCUT2D eigenvalue weighted by atomic mass is 32.2. The number of hydrogen-bond acceptors (Lipinski definition) is 4. The van der Waals surface area contributed by atoms with Crippen LogP contribution >= 0.6 is 0 Å². The Morgan fingerprint density at radius 3 is 2.31 bits per heavy atom. The summed E-state index contributed by atoms with van der Waals surface area (Å²) in [5, 5.41) is 9.55. The first-order valence-electron chi connectivity index (χ1n) is 4.60. The second kappa shape index (κ2) is 2.93. The predicted molar refractivity (Wildman–Crippen MR) is 49.2 cm³/mol. The SMILES string of the molecule is CN(C1CC1)C1CS(=O)(=O)CC1O. The molecule has 2 unspecified atom stereocenters. The van der Waals surface area contributed by atoms with Crippen LogP contribution in [0.25, 0.3) is 0 Å². The van der Waals surface area contributed by atoms with Gasteiger partial charge < -0.3 is 5.11 Å². The van der Waals surface area contributed by atoms with E-state index < -0.39 is 15.9 Å². The van der Waals surface area contributed by atoms with Gasteiger partial charge in [-0.25, -0.2) is 8.42 Å². The molecule has 1 saturated heterocycles. The Kier molecular flexibility index (Phi) is 2.13. The Bertz CT molecular complexity index is 297. The molecular formula is C8H15NO3S. The Morgan fingerprint density at radius 2 is 1.92 bits per heavy atom. The summed E-state index contributed by atoms with van der Waals surface area (Å²) in [6.45, 7) is 0. The second-order valence-electron chi connectivity index (χ2n) is 4.11. The zero-order valence-electron chi connectivity index (χ0n) is 7.68. The molecule has 5 heteroatoms. The van der Waals surface area contributed by atoms with Crippen LogP contribution < -0.4 is 0 Å². The first-order valence-corrected chi connectivity index (χ1v) is 6.42. The van der Waals surface area contributed by atoms with E-state index >= 15 is 0 Å². The van der Waals surface area contributed by atoms with E-state index in [9.17, 15) is 13.5 Å². The van der Waals surface area contributed by atoms with Crippen LogP contribution in [0, 0.1) is 0 Å². The van der Waals surface area contributed by atoms with E-state index in [-0.39, 0.29) is 17.5 Å². The van der Waals surface area contributed by atoms with Crippen molar-refractivity contribution in [2.75, 3.05) is 18.6 Å². The van der Waals surface area contributed by atoms with Crippen molar-refractivity contribution < 1.29 is 13.5 Å². The summed E-state index contributed by atoms with van der Waals surface area (Å²) >= 11 is 0. The lowest BCUT2D eigenvalue weighted by Crippen LogP contribution is -2.41. The van der Waals surface area contributed by atoms with Crippen molar-refractivity contribution in [3.8, 4) is 0 Å². The van der Waals surface area contributed by atoms with Gasteiger partial charge in [0.05, 0.1) is 23.7 Å². The van der Waals surface area contributed by atoms with E-state index in [4.69, 9.17) is 0 Å². The van der Waals surface area contributed by atoms with Gasteiger partial charge in [0, 0.05) is 6.04 Å². The maximum Gasteiger partial charge on any atom is 0.154 e. The van der Waals surface area contributed by atoms with Crippen molar-refractivity contribution in [2.45, 2.75) is 31.0 Å². The molecule has 0 aromatic carbocycles. The largest absolute Gasteiger partial charge is 0.390 e. The maximum absolute atomic E-state index is 11.2. The minimum atomic E-state index is -2.99. The number of aliphatic hydroxyl groups is 1. The third-order valence-corrected chi connectivity index (χ3v) is 4.64. The van der Waals surface area contributed by atoms with Crippen LogP contribution in [0.15, 0.2) is 0 Å². The summed E-state index contributed by atoms with van der Waals surface area (Å²) in [6.07, 6.45) is 1.59. The topological polar surface area (TPSA) is 57.6 Å². The highest BCUT2D eigenvalue weighted by Gasteiger charge is 2.42. The number of likely N-dealkylation sites (N-methyl/N-ethyl adjacent to an activating group) is 1. The lowest BCUT2D eigenvalue weighted by Gasteiger charge is -2.25. The highest BCUT2D eigenvalue weighted by Crippen LogP contribution is 2.30. The smallest absolute Gasteiger partial charge is 0.154 e. The molecule has 0 amide bonds. The van der Waals surface area contributed by atoms with E-state index in [0.717, 1.165) is 12.8 Å². The van der Waals surface area contributed by atoms with Crippen LogP contribution in [0.3, 0.4) is 0 Å².